The van der Waals surface area contributed by atoms with Crippen molar-refractivity contribution in [2.75, 3.05) is 0 Å². The van der Waals surface area contributed by atoms with E-state index < -0.39 is 17.6 Å². The van der Waals surface area contributed by atoms with E-state index in [4.69, 9.17) is 5.11 Å². The molecule has 3 aromatic rings. The molecule has 0 aliphatic rings. The Kier molecular flexibility index (Phi) is 2.94. The highest BCUT2D eigenvalue weighted by molar-refractivity contribution is 5.92. The third-order valence-corrected chi connectivity index (χ3v) is 3.24. The van der Waals surface area contributed by atoms with Crippen molar-refractivity contribution in [2.45, 2.75) is 6.92 Å². The number of carbonyl (C=O) groups is 1. The molecule has 0 bridgehead atoms. The predicted octanol–water partition coefficient (Wildman–Crippen LogP) is 3.31. The number of hydrogen-bond acceptors (Lipinski definition) is 2. The van der Waals surface area contributed by atoms with Gasteiger partial charge in [-0.15, -0.1) is 0 Å². The second-order valence-electron chi connectivity index (χ2n) is 4.58. The molecule has 2 aromatic carbocycles. The molecule has 4 nitrogen and oxygen atoms in total. The highest BCUT2D eigenvalue weighted by Gasteiger charge is 2.16. The molecule has 0 atom stereocenters. The van der Waals surface area contributed by atoms with Crippen molar-refractivity contribution < 1.29 is 18.7 Å². The smallest absolute Gasteiger partial charge is 0.335 e. The molecular weight excluding hydrogens is 278 g/mol. The molecule has 0 unspecified atom stereocenters. The van der Waals surface area contributed by atoms with Crippen LogP contribution in [-0.2, 0) is 0 Å². The SMILES string of the molecule is Cc1nc2cc(C(=O)O)ccc2n1-c1cccc(F)c1F. The Hall–Kier alpha value is -2.76. The van der Waals surface area contributed by atoms with Crippen LogP contribution < -0.4 is 0 Å². The van der Waals surface area contributed by atoms with Crippen LogP contribution in [0.5, 0.6) is 0 Å². The van der Waals surface area contributed by atoms with Crippen molar-refractivity contribution in [1.29, 1.82) is 0 Å². The van der Waals surface area contributed by atoms with Crippen LogP contribution in [0.15, 0.2) is 36.4 Å². The number of aromatic nitrogens is 2. The molecule has 0 fully saturated rings. The number of carboxylic acid groups (broad SMARTS) is 1. The van der Waals surface area contributed by atoms with Crippen LogP contribution in [0, 0.1) is 18.6 Å². The molecule has 106 valence electrons. The van der Waals surface area contributed by atoms with Crippen LogP contribution >= 0.6 is 0 Å². The average Bonchev–Trinajstić information content (AvgIpc) is 2.77. The summed E-state index contributed by atoms with van der Waals surface area (Å²) in [5.74, 6) is -2.55. The summed E-state index contributed by atoms with van der Waals surface area (Å²) in [7, 11) is 0. The second kappa shape index (κ2) is 4.66. The van der Waals surface area contributed by atoms with Crippen molar-refractivity contribution in [3.05, 3.63) is 59.4 Å². The van der Waals surface area contributed by atoms with E-state index in [-0.39, 0.29) is 11.3 Å². The molecule has 0 saturated heterocycles. The molecule has 0 saturated carbocycles. The van der Waals surface area contributed by atoms with Gasteiger partial charge in [-0.05, 0) is 37.3 Å². The molecule has 0 spiro atoms. The van der Waals surface area contributed by atoms with Gasteiger partial charge in [0, 0.05) is 0 Å². The predicted molar refractivity (Wildman–Crippen MR) is 72.7 cm³/mol. The van der Waals surface area contributed by atoms with Crippen LogP contribution in [0.2, 0.25) is 0 Å². The van der Waals surface area contributed by atoms with E-state index in [1.54, 1.807) is 6.92 Å². The van der Waals surface area contributed by atoms with Crippen LogP contribution in [0.3, 0.4) is 0 Å². The third kappa shape index (κ3) is 2.05. The molecule has 1 heterocycles. The molecule has 1 aromatic heterocycles. The van der Waals surface area contributed by atoms with E-state index >= 15 is 0 Å². The normalized spacial score (nSPS) is 11.0. The first-order valence-corrected chi connectivity index (χ1v) is 6.16. The number of aryl methyl sites for hydroxylation is 1. The summed E-state index contributed by atoms with van der Waals surface area (Å²) in [6, 6.07) is 8.22. The summed E-state index contributed by atoms with van der Waals surface area (Å²) in [5, 5.41) is 8.97. The van der Waals surface area contributed by atoms with Gasteiger partial charge in [-0.1, -0.05) is 6.07 Å². The van der Waals surface area contributed by atoms with Crippen LogP contribution in [0.4, 0.5) is 8.78 Å². The molecular formula is C15H10F2N2O2. The third-order valence-electron chi connectivity index (χ3n) is 3.24. The highest BCUT2D eigenvalue weighted by Crippen LogP contribution is 2.25. The zero-order valence-corrected chi connectivity index (χ0v) is 11.0. The van der Waals surface area contributed by atoms with E-state index in [1.807, 2.05) is 0 Å². The molecule has 21 heavy (non-hydrogen) atoms. The largest absolute Gasteiger partial charge is 0.478 e. The van der Waals surface area contributed by atoms with E-state index in [0.29, 0.717) is 16.9 Å². The zero-order valence-electron chi connectivity index (χ0n) is 11.0. The number of rotatable bonds is 2. The molecule has 0 radical (unpaired) electrons. The molecule has 0 aliphatic carbocycles. The summed E-state index contributed by atoms with van der Waals surface area (Å²) < 4.78 is 28.8. The fourth-order valence-electron chi connectivity index (χ4n) is 2.30. The maximum atomic E-state index is 14.0. The number of aromatic carboxylic acids is 1. The van der Waals surface area contributed by atoms with E-state index in [9.17, 15) is 13.6 Å². The van der Waals surface area contributed by atoms with E-state index in [0.717, 1.165) is 6.07 Å². The lowest BCUT2D eigenvalue weighted by Crippen LogP contribution is -2.02. The Morgan fingerprint density at radius 3 is 2.71 bits per heavy atom. The molecule has 6 heteroatoms. The highest BCUT2D eigenvalue weighted by atomic mass is 19.2. The minimum absolute atomic E-state index is 0.0399. The number of nitrogens with zero attached hydrogens (tertiary/aromatic N) is 2. The van der Waals surface area contributed by atoms with Gasteiger partial charge in [0.05, 0.1) is 22.3 Å². The summed E-state index contributed by atoms with van der Waals surface area (Å²) in [5.41, 5.74) is 1.06. The van der Waals surface area contributed by atoms with Crippen molar-refractivity contribution in [3.63, 3.8) is 0 Å². The minimum Gasteiger partial charge on any atom is -0.478 e. The number of halogens is 2. The van der Waals surface area contributed by atoms with Crippen LogP contribution in [0.1, 0.15) is 16.2 Å². The Labute approximate surface area is 118 Å². The number of carboxylic acids is 1. The van der Waals surface area contributed by atoms with Gasteiger partial charge in [-0.2, -0.15) is 0 Å². The van der Waals surface area contributed by atoms with Crippen molar-refractivity contribution in [1.82, 2.24) is 9.55 Å². The van der Waals surface area contributed by atoms with Crippen LogP contribution in [0.25, 0.3) is 16.7 Å². The Balaban J connectivity index is 2.30. The first-order valence-electron chi connectivity index (χ1n) is 6.16. The first kappa shape index (κ1) is 13.2. The van der Waals surface area contributed by atoms with Gasteiger partial charge in [-0.3, -0.25) is 4.57 Å². The van der Waals surface area contributed by atoms with Gasteiger partial charge in [0.25, 0.3) is 0 Å². The summed E-state index contributed by atoms with van der Waals surface area (Å²) >= 11 is 0. The Morgan fingerprint density at radius 1 is 1.24 bits per heavy atom. The number of imidazole rings is 1. The molecule has 0 amide bonds. The number of hydrogen-bond donors (Lipinski definition) is 1. The minimum atomic E-state index is -1.07. The average molecular weight is 288 g/mol. The molecule has 0 aliphatic heterocycles. The standard InChI is InChI=1S/C15H10F2N2O2/c1-8-18-11-7-9(15(20)21)5-6-12(11)19(8)13-4-2-3-10(16)14(13)17/h2-7H,1H3,(H,20,21). The summed E-state index contributed by atoms with van der Waals surface area (Å²) in [4.78, 5) is 15.2. The molecule has 1 N–H and O–H groups in total. The number of benzene rings is 2. The van der Waals surface area contributed by atoms with Gasteiger partial charge in [0.15, 0.2) is 11.6 Å². The maximum Gasteiger partial charge on any atom is 0.335 e. The molecule has 3 rings (SSSR count). The monoisotopic (exact) mass is 288 g/mol. The van der Waals surface area contributed by atoms with Gasteiger partial charge < -0.3 is 5.11 Å². The van der Waals surface area contributed by atoms with Crippen molar-refractivity contribution in [2.24, 2.45) is 0 Å². The van der Waals surface area contributed by atoms with E-state index in [1.165, 1.54) is 34.9 Å². The lowest BCUT2D eigenvalue weighted by Gasteiger charge is -2.08. The number of fused-ring (bicyclic) bond motifs is 1. The van der Waals surface area contributed by atoms with Crippen molar-refractivity contribution in [3.8, 4) is 5.69 Å². The topological polar surface area (TPSA) is 55.1 Å². The Morgan fingerprint density at radius 2 is 2.00 bits per heavy atom. The lowest BCUT2D eigenvalue weighted by molar-refractivity contribution is 0.0697. The van der Waals surface area contributed by atoms with Gasteiger partial charge in [0.1, 0.15) is 5.82 Å². The Bertz CT molecular complexity index is 871. The fourth-order valence-corrected chi connectivity index (χ4v) is 2.30. The van der Waals surface area contributed by atoms with E-state index in [2.05, 4.69) is 4.98 Å². The van der Waals surface area contributed by atoms with Gasteiger partial charge in [-0.25, -0.2) is 18.6 Å². The lowest BCUT2D eigenvalue weighted by atomic mass is 10.2. The zero-order chi connectivity index (χ0) is 15.1. The van der Waals surface area contributed by atoms with Crippen molar-refractivity contribution >= 4 is 17.0 Å². The first-order chi connectivity index (χ1) is 9.99. The van der Waals surface area contributed by atoms with Crippen LogP contribution in [-0.4, -0.2) is 20.6 Å². The van der Waals surface area contributed by atoms with Gasteiger partial charge in [0.2, 0.25) is 0 Å². The summed E-state index contributed by atoms with van der Waals surface area (Å²) in [6.07, 6.45) is 0. The second-order valence-corrected chi connectivity index (χ2v) is 4.58. The fraction of sp³-hybridized carbons (Fsp3) is 0.0667. The quantitative estimate of drug-likeness (QED) is 0.787. The maximum absolute atomic E-state index is 14.0. The van der Waals surface area contributed by atoms with Gasteiger partial charge >= 0.3 is 5.97 Å². The summed E-state index contributed by atoms with van der Waals surface area (Å²) in [6.45, 7) is 1.64.